The van der Waals surface area contributed by atoms with Gasteiger partial charge in [-0.05, 0) is 38.5 Å². The van der Waals surface area contributed by atoms with Gasteiger partial charge in [0, 0.05) is 17.0 Å². The number of nitrogens with zero attached hydrogens (tertiary/aromatic N) is 1. The van der Waals surface area contributed by atoms with Gasteiger partial charge in [0.1, 0.15) is 0 Å². The minimum absolute atomic E-state index is 0.775. The van der Waals surface area contributed by atoms with E-state index < -0.39 is 0 Å². The van der Waals surface area contributed by atoms with Crippen molar-refractivity contribution in [1.82, 2.24) is 4.98 Å². The first-order valence-electron chi connectivity index (χ1n) is 6.21. The zero-order chi connectivity index (χ0) is 10.7. The van der Waals surface area contributed by atoms with E-state index in [4.69, 9.17) is 0 Å². The topological polar surface area (TPSA) is 12.9 Å². The van der Waals surface area contributed by atoms with Gasteiger partial charge in [-0.25, -0.2) is 4.98 Å². The number of aromatic nitrogens is 1. The predicted molar refractivity (Wildman–Crippen MR) is 66.5 cm³/mol. The summed E-state index contributed by atoms with van der Waals surface area (Å²) in [5, 5.41) is 3.58. The molecule has 1 fully saturated rings. The SMILES string of the molecule is CCCC1CCC(c2nc(C)cs2)CC1. The molecule has 0 radical (unpaired) electrons. The van der Waals surface area contributed by atoms with Crippen molar-refractivity contribution in [3.63, 3.8) is 0 Å². The van der Waals surface area contributed by atoms with Crippen LogP contribution in [0.1, 0.15) is 62.1 Å². The van der Waals surface area contributed by atoms with E-state index in [1.54, 1.807) is 0 Å². The molecule has 1 nitrogen and oxygen atoms in total. The van der Waals surface area contributed by atoms with E-state index in [1.165, 1.54) is 49.2 Å². The third-order valence-electron chi connectivity index (χ3n) is 3.53. The summed E-state index contributed by atoms with van der Waals surface area (Å²) in [7, 11) is 0. The zero-order valence-electron chi connectivity index (χ0n) is 9.83. The molecular weight excluding hydrogens is 202 g/mol. The van der Waals surface area contributed by atoms with E-state index in [0.717, 1.165) is 11.8 Å². The first-order valence-corrected chi connectivity index (χ1v) is 7.09. The summed E-state index contributed by atoms with van der Waals surface area (Å²) < 4.78 is 0. The molecule has 2 heteroatoms. The second kappa shape index (κ2) is 5.11. The quantitative estimate of drug-likeness (QED) is 0.734. The monoisotopic (exact) mass is 223 g/mol. The van der Waals surface area contributed by atoms with Gasteiger partial charge < -0.3 is 0 Å². The smallest absolute Gasteiger partial charge is 0.0959 e. The number of aryl methyl sites for hydroxylation is 1. The standard InChI is InChI=1S/C13H21NS/c1-3-4-11-5-7-12(8-6-11)13-14-10(2)9-15-13/h9,11-12H,3-8H2,1-2H3. The van der Waals surface area contributed by atoms with Crippen molar-refractivity contribution >= 4 is 11.3 Å². The summed E-state index contributed by atoms with van der Waals surface area (Å²) >= 11 is 1.86. The van der Waals surface area contributed by atoms with Crippen LogP contribution in [0.5, 0.6) is 0 Å². The second-order valence-corrected chi connectivity index (χ2v) is 5.72. The Kier molecular flexibility index (Phi) is 3.79. The van der Waals surface area contributed by atoms with E-state index in [9.17, 15) is 0 Å². The van der Waals surface area contributed by atoms with Gasteiger partial charge in [-0.15, -0.1) is 11.3 Å². The Morgan fingerprint density at radius 2 is 2.07 bits per heavy atom. The van der Waals surface area contributed by atoms with Gasteiger partial charge in [-0.2, -0.15) is 0 Å². The van der Waals surface area contributed by atoms with Crippen LogP contribution in [0.3, 0.4) is 0 Å². The zero-order valence-corrected chi connectivity index (χ0v) is 10.6. The lowest BCUT2D eigenvalue weighted by Crippen LogP contribution is -2.13. The van der Waals surface area contributed by atoms with E-state index in [0.29, 0.717) is 0 Å². The summed E-state index contributed by atoms with van der Waals surface area (Å²) in [5.74, 6) is 1.78. The Morgan fingerprint density at radius 3 is 2.60 bits per heavy atom. The maximum Gasteiger partial charge on any atom is 0.0959 e. The largest absolute Gasteiger partial charge is 0.246 e. The summed E-state index contributed by atoms with van der Waals surface area (Å²) in [6.45, 7) is 4.40. The van der Waals surface area contributed by atoms with Crippen molar-refractivity contribution in [3.05, 3.63) is 16.1 Å². The average Bonchev–Trinajstić information content (AvgIpc) is 2.67. The highest BCUT2D eigenvalue weighted by Crippen LogP contribution is 2.38. The van der Waals surface area contributed by atoms with Crippen molar-refractivity contribution in [1.29, 1.82) is 0 Å². The Bertz CT molecular complexity index is 297. The molecule has 1 heterocycles. The van der Waals surface area contributed by atoms with E-state index in [1.807, 2.05) is 11.3 Å². The van der Waals surface area contributed by atoms with Crippen LogP contribution in [0.25, 0.3) is 0 Å². The van der Waals surface area contributed by atoms with Crippen LogP contribution in [0.15, 0.2) is 5.38 Å². The lowest BCUT2D eigenvalue weighted by molar-refractivity contribution is 0.308. The average molecular weight is 223 g/mol. The molecule has 2 rings (SSSR count). The van der Waals surface area contributed by atoms with Crippen molar-refractivity contribution < 1.29 is 0 Å². The molecule has 0 unspecified atom stereocenters. The molecule has 0 N–H and O–H groups in total. The lowest BCUT2D eigenvalue weighted by atomic mass is 9.80. The van der Waals surface area contributed by atoms with Gasteiger partial charge in [0.05, 0.1) is 5.01 Å². The molecule has 0 saturated heterocycles. The molecule has 0 amide bonds. The fraction of sp³-hybridized carbons (Fsp3) is 0.769. The van der Waals surface area contributed by atoms with Gasteiger partial charge in [0.25, 0.3) is 0 Å². The molecule has 1 aliphatic rings. The molecule has 84 valence electrons. The molecule has 1 aromatic heterocycles. The number of rotatable bonds is 3. The third kappa shape index (κ3) is 2.81. The van der Waals surface area contributed by atoms with Crippen molar-refractivity contribution in [3.8, 4) is 0 Å². The number of hydrogen-bond acceptors (Lipinski definition) is 2. The first-order chi connectivity index (χ1) is 7.29. The van der Waals surface area contributed by atoms with E-state index in [-0.39, 0.29) is 0 Å². The summed E-state index contributed by atoms with van der Waals surface area (Å²) in [4.78, 5) is 4.62. The van der Waals surface area contributed by atoms with Crippen LogP contribution in [-0.4, -0.2) is 4.98 Å². The Hall–Kier alpha value is -0.370. The molecule has 0 bridgehead atoms. The minimum Gasteiger partial charge on any atom is -0.246 e. The highest BCUT2D eigenvalue weighted by atomic mass is 32.1. The van der Waals surface area contributed by atoms with Gasteiger partial charge in [0.15, 0.2) is 0 Å². The minimum atomic E-state index is 0.775. The molecule has 15 heavy (non-hydrogen) atoms. The fourth-order valence-electron chi connectivity index (χ4n) is 2.67. The van der Waals surface area contributed by atoms with Crippen LogP contribution in [0.2, 0.25) is 0 Å². The van der Waals surface area contributed by atoms with Gasteiger partial charge in [0.2, 0.25) is 0 Å². The Morgan fingerprint density at radius 1 is 1.33 bits per heavy atom. The predicted octanol–water partition coefficient (Wildman–Crippen LogP) is 4.53. The van der Waals surface area contributed by atoms with Crippen molar-refractivity contribution in [2.75, 3.05) is 0 Å². The molecule has 0 spiro atoms. The molecule has 1 aromatic rings. The van der Waals surface area contributed by atoms with Gasteiger partial charge in [-0.3, -0.25) is 0 Å². The number of hydrogen-bond donors (Lipinski definition) is 0. The maximum absolute atomic E-state index is 4.62. The third-order valence-corrected chi connectivity index (χ3v) is 4.65. The van der Waals surface area contributed by atoms with Crippen LogP contribution >= 0.6 is 11.3 Å². The van der Waals surface area contributed by atoms with Crippen LogP contribution in [-0.2, 0) is 0 Å². The molecule has 0 aliphatic heterocycles. The van der Waals surface area contributed by atoms with Crippen LogP contribution in [0, 0.1) is 12.8 Å². The van der Waals surface area contributed by atoms with Crippen LogP contribution in [0.4, 0.5) is 0 Å². The highest BCUT2D eigenvalue weighted by molar-refractivity contribution is 7.09. The summed E-state index contributed by atoms with van der Waals surface area (Å²) in [5.41, 5.74) is 1.20. The van der Waals surface area contributed by atoms with E-state index >= 15 is 0 Å². The second-order valence-electron chi connectivity index (χ2n) is 4.83. The Balaban J connectivity index is 1.88. The van der Waals surface area contributed by atoms with Crippen molar-refractivity contribution in [2.24, 2.45) is 5.92 Å². The molecule has 1 saturated carbocycles. The Labute approximate surface area is 96.9 Å². The van der Waals surface area contributed by atoms with E-state index in [2.05, 4.69) is 24.2 Å². The molecule has 0 aromatic carbocycles. The highest BCUT2D eigenvalue weighted by Gasteiger charge is 2.23. The molecule has 0 atom stereocenters. The molecular formula is C13H21NS. The van der Waals surface area contributed by atoms with Crippen molar-refractivity contribution in [2.45, 2.75) is 58.3 Å². The van der Waals surface area contributed by atoms with Crippen LogP contribution < -0.4 is 0 Å². The summed E-state index contributed by atoms with van der Waals surface area (Å²) in [6.07, 6.45) is 8.39. The number of thiazole rings is 1. The fourth-order valence-corrected chi connectivity index (χ4v) is 3.63. The van der Waals surface area contributed by atoms with Gasteiger partial charge >= 0.3 is 0 Å². The maximum atomic E-state index is 4.62. The lowest BCUT2D eigenvalue weighted by Gasteiger charge is -2.26. The molecule has 1 aliphatic carbocycles. The van der Waals surface area contributed by atoms with Gasteiger partial charge in [-0.1, -0.05) is 19.8 Å². The first kappa shape index (κ1) is 11.1. The normalized spacial score (nSPS) is 26.8. The summed E-state index contributed by atoms with van der Waals surface area (Å²) in [6, 6.07) is 0.